The largest absolute Gasteiger partial charge is 0.480 e. The van der Waals surface area contributed by atoms with E-state index in [2.05, 4.69) is 13.2 Å². The van der Waals surface area contributed by atoms with Gasteiger partial charge in [-0.2, -0.15) is 11.8 Å². The number of thioether (sulfide) groups is 1. The van der Waals surface area contributed by atoms with E-state index in [1.165, 1.54) is 5.57 Å². The second-order valence-electron chi connectivity index (χ2n) is 3.98. The summed E-state index contributed by atoms with van der Waals surface area (Å²) in [6.45, 7) is 7.41. The summed E-state index contributed by atoms with van der Waals surface area (Å²) in [4.78, 5) is 10.5. The number of carbonyl (C=O) groups is 1. The molecule has 0 bridgehead atoms. The van der Waals surface area contributed by atoms with Crippen molar-refractivity contribution in [2.75, 3.05) is 11.5 Å². The minimum atomic E-state index is -0.916. The highest BCUT2D eigenvalue weighted by atomic mass is 32.2. The molecule has 0 amide bonds. The van der Waals surface area contributed by atoms with Crippen LogP contribution in [0, 0.1) is 0 Å². The summed E-state index contributed by atoms with van der Waals surface area (Å²) in [5.74, 6) is 0.940. The molecule has 3 nitrogen and oxygen atoms in total. The lowest BCUT2D eigenvalue weighted by Gasteiger charge is -2.06. The van der Waals surface area contributed by atoms with Gasteiger partial charge >= 0.3 is 5.97 Å². The summed E-state index contributed by atoms with van der Waals surface area (Å²) in [6.07, 6.45) is 9.41. The maximum absolute atomic E-state index is 10.5. The fraction of sp³-hybridized carbons (Fsp3) is 0.500. The van der Waals surface area contributed by atoms with Crippen molar-refractivity contribution < 1.29 is 9.90 Å². The zero-order chi connectivity index (χ0) is 13.8. The van der Waals surface area contributed by atoms with Crippen LogP contribution in [0.2, 0.25) is 0 Å². The first kappa shape index (κ1) is 17.0. The molecule has 1 unspecified atom stereocenters. The molecule has 0 saturated carbocycles. The molecule has 0 aliphatic rings. The first-order valence-corrected chi connectivity index (χ1v) is 7.27. The topological polar surface area (TPSA) is 63.3 Å². The van der Waals surface area contributed by atoms with Crippen LogP contribution in [0.15, 0.2) is 37.0 Å². The first-order chi connectivity index (χ1) is 8.61. The van der Waals surface area contributed by atoms with E-state index in [4.69, 9.17) is 10.8 Å². The molecule has 0 fully saturated rings. The van der Waals surface area contributed by atoms with Crippen molar-refractivity contribution in [2.24, 2.45) is 5.73 Å². The molecule has 0 aromatic rings. The molecular formula is C14H23NO2S. The van der Waals surface area contributed by atoms with Crippen LogP contribution in [0.25, 0.3) is 0 Å². The number of unbranched alkanes of at least 4 members (excludes halogenated alkanes) is 1. The van der Waals surface area contributed by atoms with E-state index < -0.39 is 12.0 Å². The Bertz CT molecular complexity index is 300. The van der Waals surface area contributed by atoms with E-state index in [9.17, 15) is 4.79 Å². The lowest BCUT2D eigenvalue weighted by Crippen LogP contribution is -2.30. The number of aliphatic carboxylic acids is 1. The number of allylic oxidation sites excluding steroid dienone is 4. The SMILES string of the molecule is C=C/C=C(\C=C)CCCCSCCC(N)C(=O)O. The van der Waals surface area contributed by atoms with Crippen LogP contribution in [0.1, 0.15) is 25.7 Å². The molecule has 4 heteroatoms. The molecule has 0 aromatic heterocycles. The number of hydrogen-bond donors (Lipinski definition) is 2. The van der Waals surface area contributed by atoms with Gasteiger partial charge in [-0.3, -0.25) is 4.79 Å². The van der Waals surface area contributed by atoms with E-state index in [1.54, 1.807) is 17.8 Å². The third-order valence-corrected chi connectivity index (χ3v) is 3.59. The zero-order valence-electron chi connectivity index (χ0n) is 10.8. The summed E-state index contributed by atoms with van der Waals surface area (Å²) in [7, 11) is 0. The van der Waals surface area contributed by atoms with Crippen LogP contribution in [-0.2, 0) is 4.79 Å². The molecule has 0 aliphatic carbocycles. The Hall–Kier alpha value is -1.00. The van der Waals surface area contributed by atoms with Gasteiger partial charge in [0.1, 0.15) is 6.04 Å². The van der Waals surface area contributed by atoms with Crippen molar-refractivity contribution in [3.63, 3.8) is 0 Å². The Morgan fingerprint density at radius 2 is 2.06 bits per heavy atom. The molecule has 1 atom stereocenters. The monoisotopic (exact) mass is 269 g/mol. The zero-order valence-corrected chi connectivity index (χ0v) is 11.6. The molecule has 0 rings (SSSR count). The summed E-state index contributed by atoms with van der Waals surface area (Å²) in [5.41, 5.74) is 6.62. The Kier molecular flexibility index (Phi) is 10.5. The molecule has 0 radical (unpaired) electrons. The Morgan fingerprint density at radius 1 is 1.33 bits per heavy atom. The van der Waals surface area contributed by atoms with Crippen LogP contribution in [0.4, 0.5) is 0 Å². The molecule has 0 aromatic carbocycles. The minimum absolute atomic E-state index is 0.536. The maximum atomic E-state index is 10.5. The third-order valence-electron chi connectivity index (χ3n) is 2.49. The molecule has 18 heavy (non-hydrogen) atoms. The van der Waals surface area contributed by atoms with Crippen molar-refractivity contribution in [3.05, 3.63) is 37.0 Å². The van der Waals surface area contributed by atoms with Crippen molar-refractivity contribution in [2.45, 2.75) is 31.7 Å². The van der Waals surface area contributed by atoms with Crippen molar-refractivity contribution in [1.29, 1.82) is 0 Å². The quantitative estimate of drug-likeness (QED) is 0.447. The predicted octanol–water partition coefficient (Wildman–Crippen LogP) is 2.99. The van der Waals surface area contributed by atoms with E-state index in [0.717, 1.165) is 30.8 Å². The maximum Gasteiger partial charge on any atom is 0.320 e. The molecule has 102 valence electrons. The molecule has 0 heterocycles. The highest BCUT2D eigenvalue weighted by Crippen LogP contribution is 2.12. The van der Waals surface area contributed by atoms with Crippen LogP contribution in [0.5, 0.6) is 0 Å². The van der Waals surface area contributed by atoms with E-state index in [-0.39, 0.29) is 0 Å². The van der Waals surface area contributed by atoms with Crippen molar-refractivity contribution in [3.8, 4) is 0 Å². The second kappa shape index (κ2) is 11.1. The fourth-order valence-corrected chi connectivity index (χ4v) is 2.41. The van der Waals surface area contributed by atoms with Crippen molar-refractivity contribution >= 4 is 17.7 Å². The van der Waals surface area contributed by atoms with E-state index in [0.29, 0.717) is 6.42 Å². The van der Waals surface area contributed by atoms with Crippen LogP contribution < -0.4 is 5.73 Å². The molecule has 0 spiro atoms. The van der Waals surface area contributed by atoms with Crippen LogP contribution in [0.3, 0.4) is 0 Å². The number of carboxylic acids is 1. The highest BCUT2D eigenvalue weighted by Gasteiger charge is 2.09. The standard InChI is InChI=1S/C14H23NO2S/c1-3-7-12(4-2)8-5-6-10-18-11-9-13(15)14(16)17/h3-4,7,13H,1-2,5-6,8-11,15H2,(H,16,17)/b12-7+. The highest BCUT2D eigenvalue weighted by molar-refractivity contribution is 7.99. The molecule has 0 aliphatic heterocycles. The number of carboxylic acid groups (broad SMARTS) is 1. The summed E-state index contributed by atoms with van der Waals surface area (Å²) in [5, 5.41) is 8.60. The summed E-state index contributed by atoms with van der Waals surface area (Å²) >= 11 is 1.76. The van der Waals surface area contributed by atoms with Gasteiger partial charge in [-0.1, -0.05) is 31.4 Å². The van der Waals surface area contributed by atoms with Gasteiger partial charge in [0.05, 0.1) is 0 Å². The smallest absolute Gasteiger partial charge is 0.320 e. The molecule has 3 N–H and O–H groups in total. The normalized spacial score (nSPS) is 13.1. The summed E-state index contributed by atoms with van der Waals surface area (Å²) < 4.78 is 0. The van der Waals surface area contributed by atoms with Crippen molar-refractivity contribution in [1.82, 2.24) is 0 Å². The van der Waals surface area contributed by atoms with Crippen LogP contribution in [-0.4, -0.2) is 28.6 Å². The van der Waals surface area contributed by atoms with Crippen LogP contribution >= 0.6 is 11.8 Å². The lowest BCUT2D eigenvalue weighted by molar-refractivity contribution is -0.138. The van der Waals surface area contributed by atoms with Gasteiger partial charge in [-0.05, 0) is 42.8 Å². The lowest BCUT2D eigenvalue weighted by atomic mass is 10.1. The third kappa shape index (κ3) is 9.07. The Labute approximate surface area is 114 Å². The Balaban J connectivity index is 3.46. The predicted molar refractivity (Wildman–Crippen MR) is 79.9 cm³/mol. The minimum Gasteiger partial charge on any atom is -0.480 e. The second-order valence-corrected chi connectivity index (χ2v) is 5.21. The van der Waals surface area contributed by atoms with Gasteiger partial charge < -0.3 is 10.8 Å². The van der Waals surface area contributed by atoms with Gasteiger partial charge in [-0.25, -0.2) is 0 Å². The van der Waals surface area contributed by atoms with Gasteiger partial charge in [0, 0.05) is 0 Å². The number of hydrogen-bond acceptors (Lipinski definition) is 3. The number of nitrogens with two attached hydrogens (primary N) is 1. The Morgan fingerprint density at radius 3 is 2.61 bits per heavy atom. The molecule has 0 saturated heterocycles. The van der Waals surface area contributed by atoms with Gasteiger partial charge in [0.15, 0.2) is 0 Å². The summed E-state index contributed by atoms with van der Waals surface area (Å²) in [6, 6.07) is -0.722. The average molecular weight is 269 g/mol. The molecular weight excluding hydrogens is 246 g/mol. The average Bonchev–Trinajstić information content (AvgIpc) is 2.35. The van der Waals surface area contributed by atoms with Gasteiger partial charge in [-0.15, -0.1) is 0 Å². The number of rotatable bonds is 11. The van der Waals surface area contributed by atoms with E-state index in [1.807, 2.05) is 12.2 Å². The first-order valence-electron chi connectivity index (χ1n) is 6.12. The fourth-order valence-electron chi connectivity index (χ4n) is 1.37. The van der Waals surface area contributed by atoms with Gasteiger partial charge in [0.2, 0.25) is 0 Å². The van der Waals surface area contributed by atoms with Gasteiger partial charge in [0.25, 0.3) is 0 Å². The van der Waals surface area contributed by atoms with E-state index >= 15 is 0 Å².